The van der Waals surface area contributed by atoms with Crippen molar-refractivity contribution in [1.29, 1.82) is 0 Å². The molecule has 2 atom stereocenters. The highest BCUT2D eigenvalue weighted by atomic mass is 28.4. The smallest absolute Gasteiger partial charge is 0.414 e. The molecule has 0 spiro atoms. The minimum Gasteiger partial charge on any atom is -0.442 e. The van der Waals surface area contributed by atoms with E-state index >= 15 is 0 Å². The van der Waals surface area contributed by atoms with Crippen LogP contribution in [0.5, 0.6) is 0 Å². The highest BCUT2D eigenvalue weighted by molar-refractivity contribution is 6.74. The topological polar surface area (TPSA) is 71.1 Å². The van der Waals surface area contributed by atoms with Gasteiger partial charge in [-0.3, -0.25) is 9.69 Å². The van der Waals surface area contributed by atoms with Gasteiger partial charge in [-0.15, -0.1) is 0 Å². The number of anilines is 2. The van der Waals surface area contributed by atoms with Gasteiger partial charge in [0.1, 0.15) is 11.9 Å². The minimum absolute atomic E-state index is 0.100. The number of nitrogens with zero attached hydrogens (tertiary/aromatic N) is 2. The first-order valence-electron chi connectivity index (χ1n) is 10.8. The molecule has 1 aromatic carbocycles. The largest absolute Gasteiger partial charge is 0.442 e. The van der Waals surface area contributed by atoms with Crippen molar-refractivity contribution in [3.05, 3.63) is 24.0 Å². The molecule has 2 aliphatic rings. The van der Waals surface area contributed by atoms with E-state index in [1.165, 1.54) is 17.9 Å². The molecule has 1 N–H and O–H groups in total. The first-order valence-corrected chi connectivity index (χ1v) is 13.7. The number of ether oxygens (including phenoxy) is 1. The number of carbonyl (C=O) groups excluding carboxylic acids is 2. The summed E-state index contributed by atoms with van der Waals surface area (Å²) in [5.74, 6) is -0.560. The summed E-state index contributed by atoms with van der Waals surface area (Å²) in [7, 11) is -1.87. The van der Waals surface area contributed by atoms with E-state index in [2.05, 4.69) is 39.2 Å². The zero-order valence-corrected chi connectivity index (χ0v) is 20.3. The van der Waals surface area contributed by atoms with E-state index in [0.717, 1.165) is 13.0 Å². The van der Waals surface area contributed by atoms with Crippen LogP contribution in [0.3, 0.4) is 0 Å². The highest BCUT2D eigenvalue weighted by Crippen LogP contribution is 2.39. The first kappa shape index (κ1) is 23.5. The summed E-state index contributed by atoms with van der Waals surface area (Å²) in [6.07, 6.45) is -0.0164. The second-order valence-corrected chi connectivity index (χ2v) is 14.7. The van der Waals surface area contributed by atoms with Crippen molar-refractivity contribution in [2.75, 3.05) is 36.0 Å². The summed E-state index contributed by atoms with van der Waals surface area (Å²) in [6.45, 7) is 14.4. The second-order valence-electron chi connectivity index (χ2n) is 9.92. The Bertz CT molecular complexity index is 843. The van der Waals surface area contributed by atoms with Gasteiger partial charge in [-0.2, -0.15) is 0 Å². The molecule has 172 valence electrons. The van der Waals surface area contributed by atoms with Crippen LogP contribution in [0.4, 0.5) is 20.6 Å². The fraction of sp³-hybridized carbons (Fsp3) is 0.636. The first-order chi connectivity index (χ1) is 14.4. The normalized spacial score (nSPS) is 22.1. The zero-order chi connectivity index (χ0) is 23.0. The van der Waals surface area contributed by atoms with Gasteiger partial charge in [0.25, 0.3) is 0 Å². The van der Waals surface area contributed by atoms with Crippen LogP contribution < -0.4 is 15.1 Å². The molecule has 9 heteroatoms. The molecule has 1 unspecified atom stereocenters. The van der Waals surface area contributed by atoms with Crippen LogP contribution in [-0.4, -0.2) is 58.7 Å². The summed E-state index contributed by atoms with van der Waals surface area (Å²) in [5.41, 5.74) is 0.970. The predicted octanol–water partition coefficient (Wildman–Crippen LogP) is 3.89. The van der Waals surface area contributed by atoms with Gasteiger partial charge in [-0.1, -0.05) is 20.8 Å². The maximum Gasteiger partial charge on any atom is 0.414 e. The van der Waals surface area contributed by atoms with Crippen molar-refractivity contribution in [3.8, 4) is 0 Å². The van der Waals surface area contributed by atoms with E-state index in [0.29, 0.717) is 17.9 Å². The van der Waals surface area contributed by atoms with Crippen LogP contribution in [0.2, 0.25) is 18.1 Å². The molecule has 2 saturated heterocycles. The molecule has 1 aromatic rings. The van der Waals surface area contributed by atoms with Gasteiger partial charge in [0.05, 0.1) is 30.6 Å². The molecule has 0 aromatic heterocycles. The maximum absolute atomic E-state index is 15.0. The number of hydrogen-bond donors (Lipinski definition) is 1. The van der Waals surface area contributed by atoms with Crippen LogP contribution in [0.1, 0.15) is 34.1 Å². The Morgan fingerprint density at radius 3 is 2.65 bits per heavy atom. The van der Waals surface area contributed by atoms with Crippen molar-refractivity contribution in [3.63, 3.8) is 0 Å². The molecule has 7 nitrogen and oxygen atoms in total. The molecular weight excluding hydrogens is 417 g/mol. The van der Waals surface area contributed by atoms with Crippen molar-refractivity contribution in [2.24, 2.45) is 0 Å². The Labute approximate surface area is 185 Å². The molecule has 2 heterocycles. The molecule has 0 bridgehead atoms. The van der Waals surface area contributed by atoms with Crippen LogP contribution in [0.15, 0.2) is 18.2 Å². The van der Waals surface area contributed by atoms with E-state index in [1.54, 1.807) is 12.1 Å². The Morgan fingerprint density at radius 2 is 2.03 bits per heavy atom. The van der Waals surface area contributed by atoms with Gasteiger partial charge in [-0.25, -0.2) is 9.18 Å². The van der Waals surface area contributed by atoms with Crippen molar-refractivity contribution in [2.45, 2.75) is 64.5 Å². The summed E-state index contributed by atoms with van der Waals surface area (Å²) in [5, 5.41) is 2.77. The average Bonchev–Trinajstić information content (AvgIpc) is 3.25. The monoisotopic (exact) mass is 451 g/mol. The second kappa shape index (κ2) is 8.78. The molecule has 31 heavy (non-hydrogen) atoms. The molecule has 0 aliphatic carbocycles. The highest BCUT2D eigenvalue weighted by Gasteiger charge is 2.41. The van der Waals surface area contributed by atoms with Crippen molar-refractivity contribution in [1.82, 2.24) is 5.32 Å². The zero-order valence-electron chi connectivity index (χ0n) is 19.3. The standard InChI is InChI=1S/C22H34FN3O4Si/c1-15(27)24-12-18-14-26(21(28)29-18)16-7-8-20(19(23)11-16)25-10-9-17(13-25)30-31(5,6)22(2,3)4/h7-8,11,17-18H,9-10,12-14H2,1-6H3,(H,24,27)/t17?,18-/m0/s1. The Balaban J connectivity index is 1.64. The lowest BCUT2D eigenvalue weighted by molar-refractivity contribution is -0.119. The van der Waals surface area contributed by atoms with Gasteiger partial charge in [0, 0.05) is 20.0 Å². The molecule has 2 fully saturated rings. The number of cyclic esters (lactones) is 1. The van der Waals surface area contributed by atoms with E-state index in [-0.39, 0.29) is 36.0 Å². The van der Waals surface area contributed by atoms with Crippen molar-refractivity contribution < 1.29 is 23.1 Å². The Kier molecular flexibility index (Phi) is 6.66. The third-order valence-electron chi connectivity index (χ3n) is 6.45. The average molecular weight is 452 g/mol. The number of rotatable bonds is 6. The lowest BCUT2D eigenvalue weighted by Gasteiger charge is -2.38. The van der Waals surface area contributed by atoms with Crippen LogP contribution in [0, 0.1) is 5.82 Å². The third-order valence-corrected chi connectivity index (χ3v) is 11.0. The van der Waals surface area contributed by atoms with E-state index in [9.17, 15) is 14.0 Å². The van der Waals surface area contributed by atoms with E-state index < -0.39 is 20.5 Å². The van der Waals surface area contributed by atoms with Gasteiger partial charge >= 0.3 is 6.09 Å². The van der Waals surface area contributed by atoms with E-state index in [4.69, 9.17) is 9.16 Å². The molecule has 3 rings (SSSR count). The fourth-order valence-corrected chi connectivity index (χ4v) is 5.03. The van der Waals surface area contributed by atoms with Crippen LogP contribution in [0.25, 0.3) is 0 Å². The number of halogens is 1. The van der Waals surface area contributed by atoms with Crippen LogP contribution >= 0.6 is 0 Å². The van der Waals surface area contributed by atoms with Gasteiger partial charge in [-0.05, 0) is 42.8 Å². The number of hydrogen-bond acceptors (Lipinski definition) is 5. The number of carbonyl (C=O) groups is 2. The molecule has 2 aliphatic heterocycles. The number of benzene rings is 1. The van der Waals surface area contributed by atoms with Gasteiger partial charge in [0.15, 0.2) is 8.32 Å². The fourth-order valence-electron chi connectivity index (χ4n) is 3.65. The summed E-state index contributed by atoms with van der Waals surface area (Å²) < 4.78 is 26.7. The van der Waals surface area contributed by atoms with Gasteiger partial charge in [0.2, 0.25) is 5.91 Å². The minimum atomic E-state index is -1.87. The van der Waals surface area contributed by atoms with Crippen molar-refractivity contribution >= 4 is 31.7 Å². The third kappa shape index (κ3) is 5.38. The lowest BCUT2D eigenvalue weighted by atomic mass is 10.2. The predicted molar refractivity (Wildman–Crippen MR) is 122 cm³/mol. The summed E-state index contributed by atoms with van der Waals surface area (Å²) in [6, 6.07) is 4.83. The van der Waals surface area contributed by atoms with Crippen LogP contribution in [-0.2, 0) is 14.0 Å². The SMILES string of the molecule is CC(=O)NC[C@H]1CN(c2ccc(N3CCC(O[Si](C)(C)C(C)(C)C)C3)c(F)c2)C(=O)O1. The molecule has 0 radical (unpaired) electrons. The Hall–Kier alpha value is -2.13. The summed E-state index contributed by atoms with van der Waals surface area (Å²) >= 11 is 0. The number of amides is 2. The maximum atomic E-state index is 15.0. The molecular formula is C22H34FN3O4Si. The molecule has 2 amide bonds. The lowest BCUT2D eigenvalue weighted by Crippen LogP contribution is -2.44. The molecule has 0 saturated carbocycles. The Morgan fingerprint density at radius 1 is 1.32 bits per heavy atom. The van der Waals surface area contributed by atoms with Gasteiger partial charge < -0.3 is 19.4 Å². The quantitative estimate of drug-likeness (QED) is 0.665. The number of nitrogens with one attached hydrogen (secondary N) is 1. The summed E-state index contributed by atoms with van der Waals surface area (Å²) in [4.78, 5) is 26.7. The van der Waals surface area contributed by atoms with E-state index in [1.807, 2.05) is 4.90 Å².